The van der Waals surface area contributed by atoms with Crippen LogP contribution in [0.15, 0.2) is 18.2 Å². The molecule has 2 amide bonds. The third-order valence-electron chi connectivity index (χ3n) is 4.25. The SMILES string of the molecule is C[C@H](NC(=O)N(C)Cc1ccc2c(c1)OCCO2)[C@H]1CCCO1. The summed E-state index contributed by atoms with van der Waals surface area (Å²) in [5.41, 5.74) is 1.01. The molecule has 0 saturated carbocycles. The highest BCUT2D eigenvalue weighted by Crippen LogP contribution is 2.31. The molecule has 1 aromatic carbocycles. The zero-order valence-electron chi connectivity index (χ0n) is 13.7. The Morgan fingerprint density at radius 1 is 1.30 bits per heavy atom. The monoisotopic (exact) mass is 320 g/mol. The second kappa shape index (κ2) is 7.08. The molecule has 1 fully saturated rings. The number of carbonyl (C=O) groups excluding carboxylic acids is 1. The lowest BCUT2D eigenvalue weighted by molar-refractivity contribution is 0.0838. The van der Waals surface area contributed by atoms with Crippen molar-refractivity contribution in [3.8, 4) is 11.5 Å². The van der Waals surface area contributed by atoms with Gasteiger partial charge in [0.1, 0.15) is 13.2 Å². The van der Waals surface area contributed by atoms with Gasteiger partial charge < -0.3 is 24.4 Å². The highest BCUT2D eigenvalue weighted by atomic mass is 16.6. The average Bonchev–Trinajstić information content (AvgIpc) is 3.09. The largest absolute Gasteiger partial charge is 0.486 e. The van der Waals surface area contributed by atoms with Crippen LogP contribution in [0.4, 0.5) is 4.79 Å². The summed E-state index contributed by atoms with van der Waals surface area (Å²) in [6.07, 6.45) is 2.20. The molecule has 0 bridgehead atoms. The van der Waals surface area contributed by atoms with E-state index < -0.39 is 0 Å². The molecule has 2 aliphatic heterocycles. The molecule has 2 atom stereocenters. The Labute approximate surface area is 136 Å². The van der Waals surface area contributed by atoms with Crippen LogP contribution in [0.25, 0.3) is 0 Å². The van der Waals surface area contributed by atoms with Crippen molar-refractivity contribution >= 4 is 6.03 Å². The molecule has 0 aromatic heterocycles. The molecule has 2 heterocycles. The van der Waals surface area contributed by atoms with Crippen molar-refractivity contribution in [2.45, 2.75) is 38.5 Å². The molecular weight excluding hydrogens is 296 g/mol. The first-order valence-electron chi connectivity index (χ1n) is 8.15. The number of fused-ring (bicyclic) bond motifs is 1. The van der Waals surface area contributed by atoms with Crippen LogP contribution in [0.3, 0.4) is 0 Å². The Bertz CT molecular complexity index is 558. The van der Waals surface area contributed by atoms with Crippen molar-refractivity contribution < 1.29 is 19.0 Å². The van der Waals surface area contributed by atoms with Crippen molar-refractivity contribution in [3.63, 3.8) is 0 Å². The second-order valence-corrected chi connectivity index (χ2v) is 6.12. The summed E-state index contributed by atoms with van der Waals surface area (Å²) in [5, 5.41) is 3.01. The maximum absolute atomic E-state index is 12.3. The van der Waals surface area contributed by atoms with E-state index in [1.807, 2.05) is 25.1 Å². The molecule has 3 rings (SSSR count). The van der Waals surface area contributed by atoms with E-state index in [1.165, 1.54) is 0 Å². The molecular formula is C17H24N2O4. The van der Waals surface area contributed by atoms with Gasteiger partial charge in [0.2, 0.25) is 0 Å². The van der Waals surface area contributed by atoms with Crippen molar-refractivity contribution in [3.05, 3.63) is 23.8 Å². The Kier molecular flexibility index (Phi) is 4.91. The standard InChI is InChI=1S/C17H24N2O4/c1-12(14-4-3-7-21-14)18-17(20)19(2)11-13-5-6-15-16(10-13)23-9-8-22-15/h5-6,10,12,14H,3-4,7-9,11H2,1-2H3,(H,18,20)/t12-,14+/m0/s1. The number of nitrogens with one attached hydrogen (secondary N) is 1. The third kappa shape index (κ3) is 3.88. The number of carbonyl (C=O) groups is 1. The normalized spacial score (nSPS) is 20.9. The van der Waals surface area contributed by atoms with E-state index in [9.17, 15) is 4.79 Å². The lowest BCUT2D eigenvalue weighted by atomic mass is 10.1. The molecule has 1 saturated heterocycles. The molecule has 2 aliphatic rings. The third-order valence-corrected chi connectivity index (χ3v) is 4.25. The highest BCUT2D eigenvalue weighted by Gasteiger charge is 2.24. The van der Waals surface area contributed by atoms with E-state index in [4.69, 9.17) is 14.2 Å². The number of benzene rings is 1. The minimum atomic E-state index is -0.0945. The lowest BCUT2D eigenvalue weighted by Crippen LogP contribution is -2.46. The quantitative estimate of drug-likeness (QED) is 0.923. The predicted octanol–water partition coefficient (Wildman–Crippen LogP) is 2.17. The Morgan fingerprint density at radius 2 is 2.09 bits per heavy atom. The molecule has 0 unspecified atom stereocenters. The fourth-order valence-corrected chi connectivity index (χ4v) is 2.93. The summed E-state index contributed by atoms with van der Waals surface area (Å²) in [7, 11) is 1.79. The number of hydrogen-bond donors (Lipinski definition) is 1. The molecule has 126 valence electrons. The summed E-state index contributed by atoms with van der Waals surface area (Å²) in [4.78, 5) is 14.0. The van der Waals surface area contributed by atoms with E-state index >= 15 is 0 Å². The van der Waals surface area contributed by atoms with Gasteiger partial charge in [0.05, 0.1) is 12.1 Å². The number of hydrogen-bond acceptors (Lipinski definition) is 4. The van der Waals surface area contributed by atoms with Crippen molar-refractivity contribution in [1.82, 2.24) is 10.2 Å². The van der Waals surface area contributed by atoms with E-state index in [0.717, 1.165) is 36.5 Å². The van der Waals surface area contributed by atoms with Gasteiger partial charge in [0.15, 0.2) is 11.5 Å². The van der Waals surface area contributed by atoms with Gasteiger partial charge in [-0.25, -0.2) is 4.79 Å². The number of urea groups is 1. The Balaban J connectivity index is 1.55. The molecule has 6 nitrogen and oxygen atoms in total. The molecule has 0 radical (unpaired) electrons. The number of amides is 2. The summed E-state index contributed by atoms with van der Waals surface area (Å²) in [6.45, 7) is 4.44. The van der Waals surface area contributed by atoms with Crippen molar-refractivity contribution in [2.24, 2.45) is 0 Å². The minimum absolute atomic E-state index is 0.0210. The molecule has 0 spiro atoms. The van der Waals surface area contributed by atoms with Gasteiger partial charge >= 0.3 is 6.03 Å². The zero-order valence-corrected chi connectivity index (χ0v) is 13.7. The van der Waals surface area contributed by atoms with Gasteiger partial charge in [-0.15, -0.1) is 0 Å². The second-order valence-electron chi connectivity index (χ2n) is 6.12. The van der Waals surface area contributed by atoms with Gasteiger partial charge in [0, 0.05) is 20.2 Å². The first-order valence-corrected chi connectivity index (χ1v) is 8.15. The van der Waals surface area contributed by atoms with Crippen LogP contribution in [-0.2, 0) is 11.3 Å². The Morgan fingerprint density at radius 3 is 2.83 bits per heavy atom. The molecule has 6 heteroatoms. The summed E-state index contributed by atoms with van der Waals surface area (Å²) in [5.74, 6) is 1.51. The molecule has 1 N–H and O–H groups in total. The van der Waals surface area contributed by atoms with Gasteiger partial charge in [0.25, 0.3) is 0 Å². The van der Waals surface area contributed by atoms with Crippen LogP contribution < -0.4 is 14.8 Å². The molecule has 23 heavy (non-hydrogen) atoms. The van der Waals surface area contributed by atoms with Crippen LogP contribution in [0.2, 0.25) is 0 Å². The zero-order chi connectivity index (χ0) is 16.2. The van der Waals surface area contributed by atoms with E-state index in [-0.39, 0.29) is 18.2 Å². The fourth-order valence-electron chi connectivity index (χ4n) is 2.93. The van der Waals surface area contributed by atoms with E-state index in [0.29, 0.717) is 19.8 Å². The Hall–Kier alpha value is -1.95. The van der Waals surface area contributed by atoms with Crippen LogP contribution >= 0.6 is 0 Å². The van der Waals surface area contributed by atoms with Gasteiger partial charge in [-0.3, -0.25) is 0 Å². The topological polar surface area (TPSA) is 60.0 Å². The summed E-state index contributed by atoms with van der Waals surface area (Å²) < 4.78 is 16.7. The van der Waals surface area contributed by atoms with Gasteiger partial charge in [-0.05, 0) is 37.5 Å². The highest BCUT2D eigenvalue weighted by molar-refractivity contribution is 5.74. The number of rotatable bonds is 4. The van der Waals surface area contributed by atoms with Crippen LogP contribution in [0.1, 0.15) is 25.3 Å². The van der Waals surface area contributed by atoms with Crippen LogP contribution in [0.5, 0.6) is 11.5 Å². The number of nitrogens with zero attached hydrogens (tertiary/aromatic N) is 1. The predicted molar refractivity (Wildman–Crippen MR) is 85.9 cm³/mol. The molecule has 1 aromatic rings. The van der Waals surface area contributed by atoms with Crippen LogP contribution in [0, 0.1) is 0 Å². The fraction of sp³-hybridized carbons (Fsp3) is 0.588. The average molecular weight is 320 g/mol. The number of ether oxygens (including phenoxy) is 3. The van der Waals surface area contributed by atoms with E-state index in [1.54, 1.807) is 11.9 Å². The van der Waals surface area contributed by atoms with Gasteiger partial charge in [-0.1, -0.05) is 6.07 Å². The first-order chi connectivity index (χ1) is 11.1. The minimum Gasteiger partial charge on any atom is -0.486 e. The smallest absolute Gasteiger partial charge is 0.317 e. The van der Waals surface area contributed by atoms with Gasteiger partial charge in [-0.2, -0.15) is 0 Å². The first kappa shape index (κ1) is 15.9. The summed E-state index contributed by atoms with van der Waals surface area (Å²) in [6, 6.07) is 5.71. The van der Waals surface area contributed by atoms with Crippen molar-refractivity contribution in [2.75, 3.05) is 26.9 Å². The lowest BCUT2D eigenvalue weighted by Gasteiger charge is -2.25. The van der Waals surface area contributed by atoms with Crippen LogP contribution in [-0.4, -0.2) is 49.9 Å². The maximum Gasteiger partial charge on any atom is 0.317 e. The molecule has 0 aliphatic carbocycles. The maximum atomic E-state index is 12.3. The van der Waals surface area contributed by atoms with Crippen molar-refractivity contribution in [1.29, 1.82) is 0 Å². The van der Waals surface area contributed by atoms with E-state index in [2.05, 4.69) is 5.32 Å². The summed E-state index contributed by atoms with van der Waals surface area (Å²) >= 11 is 0.